The van der Waals surface area contributed by atoms with Gasteiger partial charge in [-0.3, -0.25) is 9.69 Å². The van der Waals surface area contributed by atoms with Crippen molar-refractivity contribution in [2.24, 2.45) is 0 Å². The summed E-state index contributed by atoms with van der Waals surface area (Å²) >= 11 is 6.07. The number of fused-ring (bicyclic) bond motifs is 1. The van der Waals surface area contributed by atoms with E-state index < -0.39 is 0 Å². The van der Waals surface area contributed by atoms with E-state index in [1.165, 1.54) is 22.2 Å². The number of para-hydroxylation sites is 1. The molecule has 4 aromatic rings. The number of aromatic nitrogens is 1. The zero-order chi connectivity index (χ0) is 24.9. The highest BCUT2D eigenvalue weighted by Gasteiger charge is 2.24. The summed E-state index contributed by atoms with van der Waals surface area (Å²) in [4.78, 5) is 17.6. The molecule has 186 valence electrons. The SMILES string of the molecule is CCOC(=O)Cc1c(CN2CCN(c3ccc(Cl)cc3)CC2)c2ccccc2n1Cc1ccccc1. The molecule has 5 rings (SSSR count). The average molecular weight is 502 g/mol. The number of hydrogen-bond acceptors (Lipinski definition) is 4. The van der Waals surface area contributed by atoms with Gasteiger partial charge in [0.25, 0.3) is 0 Å². The van der Waals surface area contributed by atoms with Crippen molar-refractivity contribution in [3.63, 3.8) is 0 Å². The normalized spacial score (nSPS) is 14.3. The maximum atomic E-state index is 12.7. The molecule has 5 nitrogen and oxygen atoms in total. The van der Waals surface area contributed by atoms with Gasteiger partial charge in [-0.15, -0.1) is 0 Å². The standard InChI is InChI=1S/C30H32ClN3O2/c1-2-36-30(35)20-29-27(22-32-16-18-33(19-17-32)25-14-12-24(31)13-15-25)26-10-6-7-11-28(26)34(29)21-23-8-4-3-5-9-23/h3-15H,2,16-22H2,1H3. The van der Waals surface area contributed by atoms with Crippen molar-refractivity contribution >= 4 is 34.2 Å². The molecule has 0 amide bonds. The van der Waals surface area contributed by atoms with Crippen molar-refractivity contribution < 1.29 is 9.53 Å². The maximum Gasteiger partial charge on any atom is 0.311 e. The lowest BCUT2D eigenvalue weighted by molar-refractivity contribution is -0.142. The van der Waals surface area contributed by atoms with Crippen LogP contribution in [0.2, 0.25) is 5.02 Å². The number of carbonyl (C=O) groups excluding carboxylic acids is 1. The van der Waals surface area contributed by atoms with Gasteiger partial charge < -0.3 is 14.2 Å². The van der Waals surface area contributed by atoms with Gasteiger partial charge in [-0.1, -0.05) is 60.1 Å². The molecule has 0 aliphatic carbocycles. The highest BCUT2D eigenvalue weighted by Crippen LogP contribution is 2.30. The Kier molecular flexibility index (Phi) is 7.59. The summed E-state index contributed by atoms with van der Waals surface area (Å²) in [5, 5.41) is 1.98. The lowest BCUT2D eigenvalue weighted by atomic mass is 10.1. The van der Waals surface area contributed by atoms with Crippen LogP contribution >= 0.6 is 11.6 Å². The molecule has 0 unspecified atom stereocenters. The molecular weight excluding hydrogens is 470 g/mol. The van der Waals surface area contributed by atoms with Gasteiger partial charge in [-0.05, 0) is 48.4 Å². The summed E-state index contributed by atoms with van der Waals surface area (Å²) in [6.07, 6.45) is 0.273. The van der Waals surface area contributed by atoms with Gasteiger partial charge in [-0.25, -0.2) is 0 Å². The van der Waals surface area contributed by atoms with Crippen molar-refractivity contribution in [2.75, 3.05) is 37.7 Å². The van der Waals surface area contributed by atoms with Crippen molar-refractivity contribution in [1.29, 1.82) is 0 Å². The van der Waals surface area contributed by atoms with Crippen LogP contribution in [-0.4, -0.2) is 48.2 Å². The summed E-state index contributed by atoms with van der Waals surface area (Å²) in [7, 11) is 0. The molecular formula is C30H32ClN3O2. The van der Waals surface area contributed by atoms with Crippen LogP contribution in [0.1, 0.15) is 23.7 Å². The number of benzene rings is 3. The smallest absolute Gasteiger partial charge is 0.311 e. The molecule has 0 saturated carbocycles. The van der Waals surface area contributed by atoms with Crippen LogP contribution < -0.4 is 4.90 Å². The molecule has 0 N–H and O–H groups in total. The summed E-state index contributed by atoms with van der Waals surface area (Å²) in [5.41, 5.74) is 5.87. The highest BCUT2D eigenvalue weighted by molar-refractivity contribution is 6.30. The van der Waals surface area contributed by atoms with Gasteiger partial charge >= 0.3 is 5.97 Å². The van der Waals surface area contributed by atoms with Crippen LogP contribution in [-0.2, 0) is 29.0 Å². The number of piperazine rings is 1. The Labute approximate surface area is 217 Å². The molecule has 3 aromatic carbocycles. The van der Waals surface area contributed by atoms with Crippen molar-refractivity contribution in [2.45, 2.75) is 26.4 Å². The molecule has 6 heteroatoms. The van der Waals surface area contributed by atoms with Crippen LogP contribution in [0, 0.1) is 0 Å². The lowest BCUT2D eigenvalue weighted by Gasteiger charge is -2.36. The first-order chi connectivity index (χ1) is 17.6. The van der Waals surface area contributed by atoms with E-state index in [0.717, 1.165) is 55.5 Å². The Bertz CT molecular complexity index is 1310. The Morgan fingerprint density at radius 1 is 0.861 bits per heavy atom. The molecule has 1 aromatic heterocycles. The fourth-order valence-corrected chi connectivity index (χ4v) is 5.27. The number of halogens is 1. The molecule has 0 radical (unpaired) electrons. The fraction of sp³-hybridized carbons (Fsp3) is 0.300. The summed E-state index contributed by atoms with van der Waals surface area (Å²) in [5.74, 6) is -0.177. The quantitative estimate of drug-likeness (QED) is 0.287. The van der Waals surface area contributed by atoms with Crippen molar-refractivity contribution in [3.05, 3.63) is 101 Å². The second-order valence-electron chi connectivity index (χ2n) is 9.24. The highest BCUT2D eigenvalue weighted by atomic mass is 35.5. The third-order valence-electron chi connectivity index (χ3n) is 6.94. The molecule has 2 heterocycles. The van der Waals surface area contributed by atoms with Crippen LogP contribution in [0.4, 0.5) is 5.69 Å². The Balaban J connectivity index is 1.43. The first-order valence-electron chi connectivity index (χ1n) is 12.6. The Morgan fingerprint density at radius 3 is 2.28 bits per heavy atom. The van der Waals surface area contributed by atoms with E-state index in [1.54, 1.807) is 0 Å². The van der Waals surface area contributed by atoms with E-state index in [-0.39, 0.29) is 12.4 Å². The van der Waals surface area contributed by atoms with Gasteiger partial charge in [0, 0.05) is 66.6 Å². The maximum absolute atomic E-state index is 12.7. The number of esters is 1. The van der Waals surface area contributed by atoms with Gasteiger partial charge in [0.2, 0.25) is 0 Å². The van der Waals surface area contributed by atoms with Gasteiger partial charge in [0.15, 0.2) is 0 Å². The van der Waals surface area contributed by atoms with E-state index in [2.05, 4.69) is 75.0 Å². The molecule has 0 spiro atoms. The zero-order valence-electron chi connectivity index (χ0n) is 20.7. The fourth-order valence-electron chi connectivity index (χ4n) is 5.14. The zero-order valence-corrected chi connectivity index (χ0v) is 21.5. The number of anilines is 1. The monoisotopic (exact) mass is 501 g/mol. The minimum Gasteiger partial charge on any atom is -0.466 e. The van der Waals surface area contributed by atoms with Gasteiger partial charge in [-0.2, -0.15) is 0 Å². The molecule has 0 atom stereocenters. The Morgan fingerprint density at radius 2 is 1.56 bits per heavy atom. The number of hydrogen-bond donors (Lipinski definition) is 0. The minimum absolute atomic E-state index is 0.177. The first kappa shape index (κ1) is 24.4. The van der Waals surface area contributed by atoms with E-state index in [1.807, 2.05) is 25.1 Å². The third-order valence-corrected chi connectivity index (χ3v) is 7.19. The van der Waals surface area contributed by atoms with Gasteiger partial charge in [0.05, 0.1) is 13.0 Å². The lowest BCUT2D eigenvalue weighted by Crippen LogP contribution is -2.46. The van der Waals surface area contributed by atoms with Crippen LogP contribution in [0.3, 0.4) is 0 Å². The van der Waals surface area contributed by atoms with E-state index in [4.69, 9.17) is 16.3 Å². The third kappa shape index (κ3) is 5.43. The Hall–Kier alpha value is -3.28. The number of carbonyl (C=O) groups is 1. The largest absolute Gasteiger partial charge is 0.466 e. The summed E-state index contributed by atoms with van der Waals surface area (Å²) in [6, 6.07) is 27.0. The van der Waals surface area contributed by atoms with Crippen molar-refractivity contribution in [3.8, 4) is 0 Å². The molecule has 1 fully saturated rings. The van der Waals surface area contributed by atoms with E-state index >= 15 is 0 Å². The van der Waals surface area contributed by atoms with Gasteiger partial charge in [0.1, 0.15) is 0 Å². The second kappa shape index (κ2) is 11.2. The molecule has 0 bridgehead atoms. The summed E-state index contributed by atoms with van der Waals surface area (Å²) in [6.45, 7) is 7.61. The summed E-state index contributed by atoms with van der Waals surface area (Å²) < 4.78 is 7.69. The van der Waals surface area contributed by atoms with Crippen LogP contribution in [0.5, 0.6) is 0 Å². The minimum atomic E-state index is -0.177. The van der Waals surface area contributed by atoms with Crippen LogP contribution in [0.25, 0.3) is 10.9 Å². The first-order valence-corrected chi connectivity index (χ1v) is 13.0. The second-order valence-corrected chi connectivity index (χ2v) is 9.67. The molecule has 36 heavy (non-hydrogen) atoms. The number of ether oxygens (including phenoxy) is 1. The average Bonchev–Trinajstić information content (AvgIpc) is 3.18. The topological polar surface area (TPSA) is 37.7 Å². The predicted octanol–water partition coefficient (Wildman–Crippen LogP) is 5.77. The van der Waals surface area contributed by atoms with Crippen molar-refractivity contribution in [1.82, 2.24) is 9.47 Å². The number of nitrogens with zero attached hydrogens (tertiary/aromatic N) is 3. The van der Waals surface area contributed by atoms with E-state index in [9.17, 15) is 4.79 Å². The predicted molar refractivity (Wildman–Crippen MR) is 147 cm³/mol. The molecule has 1 aliphatic rings. The van der Waals surface area contributed by atoms with E-state index in [0.29, 0.717) is 6.61 Å². The molecule has 1 aliphatic heterocycles. The number of rotatable bonds is 8. The van der Waals surface area contributed by atoms with Crippen LogP contribution in [0.15, 0.2) is 78.9 Å². The molecule has 1 saturated heterocycles.